The SMILES string of the molecule is COC(=O)C1CCC(Nc2nc(Nc3ccc(N4CCN(C)CC4)c(C)c3)ncc2F)C1. The summed E-state index contributed by atoms with van der Waals surface area (Å²) in [5, 5.41) is 6.31. The molecule has 1 aliphatic heterocycles. The molecule has 2 heterocycles. The van der Waals surface area contributed by atoms with Crippen molar-refractivity contribution in [2.45, 2.75) is 32.2 Å². The molecule has 1 aromatic carbocycles. The Morgan fingerprint density at radius 2 is 2.00 bits per heavy atom. The van der Waals surface area contributed by atoms with Crippen LogP contribution < -0.4 is 15.5 Å². The van der Waals surface area contributed by atoms with E-state index >= 15 is 0 Å². The van der Waals surface area contributed by atoms with Crippen molar-refractivity contribution >= 4 is 29.1 Å². The van der Waals surface area contributed by atoms with Gasteiger partial charge in [0.2, 0.25) is 5.95 Å². The van der Waals surface area contributed by atoms with Crippen LogP contribution in [0.5, 0.6) is 0 Å². The van der Waals surface area contributed by atoms with E-state index in [-0.39, 0.29) is 23.7 Å². The van der Waals surface area contributed by atoms with Gasteiger partial charge in [-0.15, -0.1) is 0 Å². The highest BCUT2D eigenvalue weighted by Gasteiger charge is 2.31. The van der Waals surface area contributed by atoms with E-state index in [0.29, 0.717) is 12.4 Å². The molecule has 9 heteroatoms. The molecule has 1 saturated carbocycles. The van der Waals surface area contributed by atoms with Crippen LogP contribution in [0.2, 0.25) is 0 Å². The van der Waals surface area contributed by atoms with Gasteiger partial charge in [0.1, 0.15) is 0 Å². The van der Waals surface area contributed by atoms with Crippen molar-refractivity contribution in [1.82, 2.24) is 14.9 Å². The molecule has 4 rings (SSSR count). The summed E-state index contributed by atoms with van der Waals surface area (Å²) in [6.07, 6.45) is 3.25. The van der Waals surface area contributed by atoms with Gasteiger partial charge in [-0.05, 0) is 57.0 Å². The highest BCUT2D eigenvalue weighted by atomic mass is 19.1. The van der Waals surface area contributed by atoms with Gasteiger partial charge in [-0.2, -0.15) is 4.98 Å². The van der Waals surface area contributed by atoms with Crippen molar-refractivity contribution < 1.29 is 13.9 Å². The molecule has 0 bridgehead atoms. The van der Waals surface area contributed by atoms with E-state index in [2.05, 4.69) is 56.5 Å². The largest absolute Gasteiger partial charge is 0.469 e. The quantitative estimate of drug-likeness (QED) is 0.660. The molecule has 0 spiro atoms. The normalized spacial score (nSPS) is 21.4. The fourth-order valence-electron chi connectivity index (χ4n) is 4.48. The summed E-state index contributed by atoms with van der Waals surface area (Å²) >= 11 is 0. The van der Waals surface area contributed by atoms with Crippen LogP contribution in [-0.2, 0) is 9.53 Å². The summed E-state index contributed by atoms with van der Waals surface area (Å²) in [5.41, 5.74) is 3.25. The number of piperazine rings is 1. The predicted octanol–water partition coefficient (Wildman–Crippen LogP) is 3.17. The van der Waals surface area contributed by atoms with E-state index in [1.54, 1.807) is 0 Å². The van der Waals surface area contributed by atoms with Gasteiger partial charge in [0.15, 0.2) is 11.6 Å². The first-order valence-electron chi connectivity index (χ1n) is 11.1. The molecule has 172 valence electrons. The van der Waals surface area contributed by atoms with Crippen molar-refractivity contribution in [1.29, 1.82) is 0 Å². The number of carbonyl (C=O) groups is 1. The third-order valence-corrected chi connectivity index (χ3v) is 6.35. The number of halogens is 1. The number of hydrogen-bond donors (Lipinski definition) is 2. The van der Waals surface area contributed by atoms with Gasteiger partial charge < -0.3 is 25.2 Å². The molecule has 2 atom stereocenters. The van der Waals surface area contributed by atoms with E-state index in [9.17, 15) is 9.18 Å². The van der Waals surface area contributed by atoms with Crippen LogP contribution in [0.25, 0.3) is 0 Å². The lowest BCUT2D eigenvalue weighted by Crippen LogP contribution is -2.44. The predicted molar refractivity (Wildman–Crippen MR) is 123 cm³/mol. The van der Waals surface area contributed by atoms with E-state index in [0.717, 1.165) is 50.9 Å². The van der Waals surface area contributed by atoms with Crippen LogP contribution in [-0.4, -0.2) is 67.2 Å². The summed E-state index contributed by atoms with van der Waals surface area (Å²) < 4.78 is 19.1. The summed E-state index contributed by atoms with van der Waals surface area (Å²) in [7, 11) is 3.54. The molecule has 1 saturated heterocycles. The number of esters is 1. The topological polar surface area (TPSA) is 82.6 Å². The Labute approximate surface area is 188 Å². The zero-order valence-electron chi connectivity index (χ0n) is 18.9. The van der Waals surface area contributed by atoms with Crippen molar-refractivity contribution in [3.05, 3.63) is 35.8 Å². The zero-order valence-corrected chi connectivity index (χ0v) is 18.9. The van der Waals surface area contributed by atoms with Crippen molar-refractivity contribution in [2.75, 3.05) is 55.9 Å². The number of likely N-dealkylation sites (N-methyl/N-ethyl adjacent to an activating group) is 1. The second-order valence-electron chi connectivity index (χ2n) is 8.68. The van der Waals surface area contributed by atoms with Gasteiger partial charge in [-0.25, -0.2) is 9.37 Å². The molecule has 8 nitrogen and oxygen atoms in total. The maximum absolute atomic E-state index is 14.3. The fourth-order valence-corrected chi connectivity index (χ4v) is 4.48. The minimum absolute atomic E-state index is 0.0264. The van der Waals surface area contributed by atoms with Gasteiger partial charge in [0.05, 0.1) is 19.2 Å². The Kier molecular flexibility index (Phi) is 6.74. The number of carbonyl (C=O) groups excluding carboxylic acids is 1. The van der Waals surface area contributed by atoms with Crippen LogP contribution in [0.3, 0.4) is 0 Å². The van der Waals surface area contributed by atoms with Gasteiger partial charge in [0.25, 0.3) is 0 Å². The molecular weight excluding hydrogens is 411 g/mol. The Hall–Kier alpha value is -2.94. The average molecular weight is 443 g/mol. The maximum atomic E-state index is 14.3. The summed E-state index contributed by atoms with van der Waals surface area (Å²) in [6.45, 7) is 6.23. The zero-order chi connectivity index (χ0) is 22.7. The van der Waals surface area contributed by atoms with E-state index in [1.165, 1.54) is 18.4 Å². The molecule has 0 radical (unpaired) electrons. The molecular formula is C23H31FN6O2. The smallest absolute Gasteiger partial charge is 0.308 e. The first-order chi connectivity index (χ1) is 15.4. The molecule has 2 N–H and O–H groups in total. The van der Waals surface area contributed by atoms with Crippen molar-refractivity contribution in [2.24, 2.45) is 5.92 Å². The molecule has 1 aromatic heterocycles. The Balaban J connectivity index is 1.41. The van der Waals surface area contributed by atoms with E-state index in [4.69, 9.17) is 4.74 Å². The number of aryl methyl sites for hydroxylation is 1. The standard InChI is InChI=1S/C23H31FN6O2/c1-15-12-17(6-7-20(15)30-10-8-29(2)9-11-30)27-23-25-14-19(24)21(28-23)26-18-5-4-16(13-18)22(31)32-3/h6-7,12,14,16,18H,4-5,8-11,13H2,1-3H3,(H2,25,26,27,28). The number of aromatic nitrogens is 2. The van der Waals surface area contributed by atoms with Crippen LogP contribution in [0.15, 0.2) is 24.4 Å². The number of rotatable bonds is 6. The van der Waals surface area contributed by atoms with Crippen LogP contribution >= 0.6 is 0 Å². The number of nitrogens with zero attached hydrogens (tertiary/aromatic N) is 4. The molecule has 0 amide bonds. The van der Waals surface area contributed by atoms with Gasteiger partial charge in [0, 0.05) is 43.6 Å². The lowest BCUT2D eigenvalue weighted by Gasteiger charge is -2.35. The summed E-state index contributed by atoms with van der Waals surface area (Å²) in [5.74, 6) is -0.414. The van der Waals surface area contributed by atoms with Crippen molar-refractivity contribution in [3.63, 3.8) is 0 Å². The maximum Gasteiger partial charge on any atom is 0.308 e. The molecule has 2 aromatic rings. The first kappa shape index (κ1) is 22.3. The van der Waals surface area contributed by atoms with Gasteiger partial charge in [-0.1, -0.05) is 0 Å². The summed E-state index contributed by atoms with van der Waals surface area (Å²) in [4.78, 5) is 24.9. The average Bonchev–Trinajstić information content (AvgIpc) is 3.25. The highest BCUT2D eigenvalue weighted by Crippen LogP contribution is 2.30. The van der Waals surface area contributed by atoms with E-state index in [1.807, 2.05) is 6.07 Å². The minimum Gasteiger partial charge on any atom is -0.469 e. The van der Waals surface area contributed by atoms with Crippen LogP contribution in [0.4, 0.5) is 27.5 Å². The Morgan fingerprint density at radius 1 is 1.22 bits per heavy atom. The highest BCUT2D eigenvalue weighted by molar-refractivity contribution is 5.72. The molecule has 1 aliphatic carbocycles. The third kappa shape index (κ3) is 5.09. The minimum atomic E-state index is -0.515. The fraction of sp³-hybridized carbons (Fsp3) is 0.522. The number of ether oxygens (including phenoxy) is 1. The monoisotopic (exact) mass is 442 g/mol. The lowest BCUT2D eigenvalue weighted by molar-refractivity contribution is -0.145. The molecule has 2 fully saturated rings. The number of nitrogens with one attached hydrogen (secondary N) is 2. The second-order valence-corrected chi connectivity index (χ2v) is 8.68. The molecule has 2 aliphatic rings. The van der Waals surface area contributed by atoms with Gasteiger partial charge in [-0.3, -0.25) is 4.79 Å². The number of hydrogen-bond acceptors (Lipinski definition) is 8. The van der Waals surface area contributed by atoms with Crippen LogP contribution in [0, 0.1) is 18.7 Å². The Morgan fingerprint density at radius 3 is 2.72 bits per heavy atom. The van der Waals surface area contributed by atoms with Crippen molar-refractivity contribution in [3.8, 4) is 0 Å². The van der Waals surface area contributed by atoms with E-state index < -0.39 is 5.82 Å². The second kappa shape index (κ2) is 9.68. The first-order valence-corrected chi connectivity index (χ1v) is 11.1. The lowest BCUT2D eigenvalue weighted by atomic mass is 10.1. The van der Waals surface area contributed by atoms with Crippen LogP contribution in [0.1, 0.15) is 24.8 Å². The summed E-state index contributed by atoms with van der Waals surface area (Å²) in [6, 6.07) is 6.14. The van der Waals surface area contributed by atoms with Gasteiger partial charge >= 0.3 is 5.97 Å². The number of benzene rings is 1. The molecule has 2 unspecified atom stereocenters. The Bertz CT molecular complexity index is 963. The number of methoxy groups -OCH3 is 1. The third-order valence-electron chi connectivity index (χ3n) is 6.35. The number of anilines is 4. The molecule has 32 heavy (non-hydrogen) atoms.